The van der Waals surface area contributed by atoms with Crippen molar-refractivity contribution < 1.29 is 35.1 Å². The Bertz CT molecular complexity index is 804. The second kappa shape index (κ2) is 8.57. The average molecular weight is 393 g/mol. The quantitative estimate of drug-likeness (QED) is 0.359. The van der Waals surface area contributed by atoms with Crippen LogP contribution in [0.2, 0.25) is 0 Å². The third-order valence-electron chi connectivity index (χ3n) is 4.63. The molecule has 2 heterocycles. The van der Waals surface area contributed by atoms with E-state index in [4.69, 9.17) is 14.9 Å². The Kier molecular flexibility index (Phi) is 6.15. The van der Waals surface area contributed by atoms with Crippen LogP contribution in [0.4, 0.5) is 0 Å². The zero-order valence-corrected chi connectivity index (χ0v) is 15.0. The number of imidazole rings is 1. The summed E-state index contributed by atoms with van der Waals surface area (Å²) in [5.41, 5.74) is -0.0637. The molecule has 0 saturated carbocycles. The number of ether oxygens (including phenoxy) is 1. The molecule has 10 nitrogen and oxygen atoms in total. The summed E-state index contributed by atoms with van der Waals surface area (Å²) in [4.78, 5) is 17.3. The smallest absolute Gasteiger partial charge is 0.343 e. The van der Waals surface area contributed by atoms with Crippen molar-refractivity contribution in [3.05, 3.63) is 42.0 Å². The van der Waals surface area contributed by atoms with Gasteiger partial charge >= 0.3 is 5.97 Å². The summed E-state index contributed by atoms with van der Waals surface area (Å²) in [7, 11) is 0. The van der Waals surface area contributed by atoms with Crippen LogP contribution in [0.15, 0.2) is 30.9 Å². The first-order valence-electron chi connectivity index (χ1n) is 8.84. The fraction of sp³-hybridized carbons (Fsp3) is 0.444. The summed E-state index contributed by atoms with van der Waals surface area (Å²) in [5.74, 6) is -1.75. The number of hydrogen-bond donors (Lipinski definition) is 5. The topological polar surface area (TPSA) is 149 Å². The molecule has 1 unspecified atom stereocenters. The van der Waals surface area contributed by atoms with Crippen molar-refractivity contribution in [2.24, 2.45) is 0 Å². The highest BCUT2D eigenvalue weighted by atomic mass is 16.5. The first-order valence-corrected chi connectivity index (χ1v) is 8.84. The number of aryl methyl sites for hydroxylation is 1. The average Bonchev–Trinajstić information content (AvgIpc) is 3.09. The molecule has 1 fully saturated rings. The van der Waals surface area contributed by atoms with E-state index in [0.717, 1.165) is 0 Å². The molecule has 1 atom stereocenters. The van der Waals surface area contributed by atoms with Gasteiger partial charge in [-0.1, -0.05) is 6.07 Å². The number of aromatic nitrogens is 2. The van der Waals surface area contributed by atoms with E-state index >= 15 is 0 Å². The molecular formula is C18H23N3O7. The summed E-state index contributed by atoms with van der Waals surface area (Å²) in [6, 6.07) is 2.96. The van der Waals surface area contributed by atoms with Crippen molar-refractivity contribution in [1.82, 2.24) is 14.5 Å². The highest BCUT2D eigenvalue weighted by Gasteiger charge is 2.34. The summed E-state index contributed by atoms with van der Waals surface area (Å²) in [6.07, 6.45) is 2.49. The van der Waals surface area contributed by atoms with Gasteiger partial charge in [0, 0.05) is 31.9 Å². The van der Waals surface area contributed by atoms with E-state index in [9.17, 15) is 20.1 Å². The fourth-order valence-corrected chi connectivity index (χ4v) is 3.07. The summed E-state index contributed by atoms with van der Waals surface area (Å²) >= 11 is 0. The number of likely N-dealkylation sites (tertiary alicyclic amines) is 1. The minimum atomic E-state index is -1.54. The van der Waals surface area contributed by atoms with Crippen LogP contribution in [-0.2, 0) is 13.0 Å². The molecule has 28 heavy (non-hydrogen) atoms. The number of hydrogen-bond acceptors (Lipinski definition) is 8. The maximum absolute atomic E-state index is 11.6. The van der Waals surface area contributed by atoms with Gasteiger partial charge in [-0.05, 0) is 18.1 Å². The largest absolute Gasteiger partial charge is 0.507 e. The van der Waals surface area contributed by atoms with E-state index < -0.39 is 24.2 Å². The first kappa shape index (κ1) is 20.1. The molecule has 0 amide bonds. The highest BCUT2D eigenvalue weighted by molar-refractivity contribution is 5.94. The first-order chi connectivity index (χ1) is 13.3. The summed E-state index contributed by atoms with van der Waals surface area (Å²) in [6.45, 7) is 1.18. The van der Waals surface area contributed by atoms with Crippen LogP contribution in [0, 0.1) is 0 Å². The molecule has 152 valence electrons. The molecule has 10 heteroatoms. The van der Waals surface area contributed by atoms with Gasteiger partial charge in [0.2, 0.25) is 0 Å². The number of carbonyl (C=O) groups is 1. The van der Waals surface area contributed by atoms with E-state index in [0.29, 0.717) is 25.2 Å². The number of nitrogens with zero attached hydrogens (tertiary/aromatic N) is 3. The number of benzene rings is 1. The number of aliphatic hydroxyl groups excluding tert-OH is 2. The maximum atomic E-state index is 11.6. The van der Waals surface area contributed by atoms with Gasteiger partial charge in [0.05, 0.1) is 12.9 Å². The van der Waals surface area contributed by atoms with Crippen LogP contribution in [-0.4, -0.2) is 77.7 Å². The second-order valence-corrected chi connectivity index (χ2v) is 6.70. The van der Waals surface area contributed by atoms with Gasteiger partial charge in [-0.2, -0.15) is 0 Å². The Morgan fingerprint density at radius 2 is 2.04 bits per heavy atom. The van der Waals surface area contributed by atoms with E-state index in [2.05, 4.69) is 4.98 Å². The standard InChI is InChI=1S/C18H23N3O7/c22-14(9-20-6-5-19-10-20)21-7-12(8-21)28-13-3-1-11(2-4-15(23)24)17(25)16(13)18(26)27/h1,3,5-6,10,12,14-15,22-25H,2,4,7-9H2,(H,26,27). The number of aromatic carboxylic acids is 1. The Labute approximate surface area is 160 Å². The SMILES string of the molecule is O=C(O)c1c(OC2CN(C(O)Cn3ccnc3)C2)ccc(CCC(O)O)c1O. The number of rotatable bonds is 9. The number of phenols is 1. The van der Waals surface area contributed by atoms with Crippen LogP contribution in [0.5, 0.6) is 11.5 Å². The van der Waals surface area contributed by atoms with Crippen molar-refractivity contribution in [3.63, 3.8) is 0 Å². The highest BCUT2D eigenvalue weighted by Crippen LogP contribution is 2.34. The monoisotopic (exact) mass is 393 g/mol. The van der Waals surface area contributed by atoms with Crippen LogP contribution >= 0.6 is 0 Å². The molecule has 5 N–H and O–H groups in total. The Hall–Kier alpha value is -2.66. The zero-order chi connectivity index (χ0) is 20.3. The molecule has 0 bridgehead atoms. The Morgan fingerprint density at radius 3 is 2.64 bits per heavy atom. The molecule has 0 aliphatic carbocycles. The van der Waals surface area contributed by atoms with Crippen molar-refractivity contribution >= 4 is 5.97 Å². The molecule has 1 aliphatic rings. The summed E-state index contributed by atoms with van der Waals surface area (Å²) in [5, 5.41) is 47.8. The minimum Gasteiger partial charge on any atom is -0.507 e. The van der Waals surface area contributed by atoms with Crippen LogP contribution in [0.1, 0.15) is 22.3 Å². The summed E-state index contributed by atoms with van der Waals surface area (Å²) < 4.78 is 7.46. The minimum absolute atomic E-state index is 0.0286. The third-order valence-corrected chi connectivity index (χ3v) is 4.63. The van der Waals surface area contributed by atoms with Crippen LogP contribution < -0.4 is 4.74 Å². The maximum Gasteiger partial charge on any atom is 0.343 e. The van der Waals surface area contributed by atoms with Gasteiger partial charge in [-0.3, -0.25) is 4.90 Å². The predicted molar refractivity (Wildman–Crippen MR) is 95.8 cm³/mol. The molecule has 0 spiro atoms. The lowest BCUT2D eigenvalue weighted by Crippen LogP contribution is -2.58. The molecule has 1 saturated heterocycles. The van der Waals surface area contributed by atoms with Crippen molar-refractivity contribution in [2.75, 3.05) is 13.1 Å². The van der Waals surface area contributed by atoms with Gasteiger partial charge in [0.25, 0.3) is 0 Å². The van der Waals surface area contributed by atoms with Crippen LogP contribution in [0.3, 0.4) is 0 Å². The molecular weight excluding hydrogens is 370 g/mol. The fourth-order valence-electron chi connectivity index (χ4n) is 3.07. The lowest BCUT2D eigenvalue weighted by atomic mass is 10.0. The number of aliphatic hydroxyl groups is 3. The Balaban J connectivity index is 1.61. The van der Waals surface area contributed by atoms with E-state index in [-0.39, 0.29) is 30.3 Å². The molecule has 3 rings (SSSR count). The normalized spacial score (nSPS) is 16.1. The van der Waals surface area contributed by atoms with E-state index in [1.165, 1.54) is 12.1 Å². The number of carboxylic acid groups (broad SMARTS) is 1. The molecule has 1 aliphatic heterocycles. The zero-order valence-electron chi connectivity index (χ0n) is 15.0. The van der Waals surface area contributed by atoms with Crippen molar-refractivity contribution in [3.8, 4) is 11.5 Å². The molecule has 2 aromatic rings. The predicted octanol–water partition coefficient (Wildman–Crippen LogP) is -0.388. The third kappa shape index (κ3) is 4.60. The van der Waals surface area contributed by atoms with E-state index in [1.54, 1.807) is 28.2 Å². The van der Waals surface area contributed by atoms with E-state index in [1.807, 2.05) is 0 Å². The van der Waals surface area contributed by atoms with Gasteiger partial charge < -0.3 is 34.8 Å². The molecule has 1 aromatic heterocycles. The second-order valence-electron chi connectivity index (χ2n) is 6.70. The van der Waals surface area contributed by atoms with Crippen LogP contribution in [0.25, 0.3) is 0 Å². The van der Waals surface area contributed by atoms with Crippen molar-refractivity contribution in [2.45, 2.75) is 38.0 Å². The van der Waals surface area contributed by atoms with Crippen molar-refractivity contribution in [1.29, 1.82) is 0 Å². The number of aromatic hydroxyl groups is 1. The Morgan fingerprint density at radius 1 is 1.29 bits per heavy atom. The number of carboxylic acids is 1. The lowest BCUT2D eigenvalue weighted by Gasteiger charge is -2.41. The van der Waals surface area contributed by atoms with Gasteiger partial charge in [-0.15, -0.1) is 0 Å². The lowest BCUT2D eigenvalue weighted by molar-refractivity contribution is -0.0963. The molecule has 1 aromatic carbocycles. The van der Waals surface area contributed by atoms with Gasteiger partial charge in [-0.25, -0.2) is 9.78 Å². The van der Waals surface area contributed by atoms with Gasteiger partial charge in [0.15, 0.2) is 6.29 Å². The molecule has 0 radical (unpaired) electrons. The van der Waals surface area contributed by atoms with Gasteiger partial charge in [0.1, 0.15) is 29.4 Å².